The van der Waals surface area contributed by atoms with Gasteiger partial charge in [-0.15, -0.1) is 0 Å². The van der Waals surface area contributed by atoms with E-state index >= 15 is 0 Å². The number of methoxy groups -OCH3 is 1. The Bertz CT molecular complexity index is 512. The standard InChI is InChI=1S/C13H12BrNO/c1-8-12-9(5-6-15)3-4-10(12)7-11(14)13(8)16-2/h5,7H,3-4H2,1-2H3/b9-5+. The maximum atomic E-state index is 8.76. The van der Waals surface area contributed by atoms with Crippen LogP contribution in [0.1, 0.15) is 23.1 Å². The Morgan fingerprint density at radius 2 is 2.25 bits per heavy atom. The van der Waals surface area contributed by atoms with E-state index in [0.29, 0.717) is 0 Å². The summed E-state index contributed by atoms with van der Waals surface area (Å²) in [7, 11) is 1.67. The van der Waals surface area contributed by atoms with Crippen LogP contribution in [-0.4, -0.2) is 7.11 Å². The van der Waals surface area contributed by atoms with Crippen molar-refractivity contribution >= 4 is 21.5 Å². The van der Waals surface area contributed by atoms with Crippen LogP contribution >= 0.6 is 15.9 Å². The van der Waals surface area contributed by atoms with Crippen LogP contribution in [0.15, 0.2) is 16.6 Å². The lowest BCUT2D eigenvalue weighted by Crippen LogP contribution is -1.94. The summed E-state index contributed by atoms with van der Waals surface area (Å²) in [5.41, 5.74) is 4.74. The highest BCUT2D eigenvalue weighted by Gasteiger charge is 2.22. The monoisotopic (exact) mass is 277 g/mol. The van der Waals surface area contributed by atoms with Gasteiger partial charge in [-0.1, -0.05) is 0 Å². The average Bonchev–Trinajstić information content (AvgIpc) is 2.62. The lowest BCUT2D eigenvalue weighted by molar-refractivity contribution is 0.409. The Hall–Kier alpha value is -1.27. The second-order valence-electron chi connectivity index (χ2n) is 3.85. The van der Waals surface area contributed by atoms with Gasteiger partial charge in [-0.25, -0.2) is 0 Å². The van der Waals surface area contributed by atoms with Crippen LogP contribution in [0, 0.1) is 18.3 Å². The van der Waals surface area contributed by atoms with Gasteiger partial charge in [0.1, 0.15) is 5.75 Å². The fraction of sp³-hybridized carbons (Fsp3) is 0.308. The van der Waals surface area contributed by atoms with Crippen molar-refractivity contribution in [3.8, 4) is 11.8 Å². The maximum Gasteiger partial charge on any atom is 0.136 e. The molecule has 0 radical (unpaired) electrons. The highest BCUT2D eigenvalue weighted by atomic mass is 79.9. The summed E-state index contributed by atoms with van der Waals surface area (Å²) in [6.45, 7) is 2.04. The molecule has 0 amide bonds. The summed E-state index contributed by atoms with van der Waals surface area (Å²) in [5, 5.41) is 8.76. The zero-order valence-electron chi connectivity index (χ0n) is 9.30. The third-order valence-electron chi connectivity index (χ3n) is 2.98. The number of benzene rings is 1. The van der Waals surface area contributed by atoms with Crippen molar-refractivity contribution in [2.75, 3.05) is 7.11 Å². The molecule has 0 heterocycles. The van der Waals surface area contributed by atoms with E-state index in [1.165, 1.54) is 11.1 Å². The first-order valence-corrected chi connectivity index (χ1v) is 5.93. The van der Waals surface area contributed by atoms with Gasteiger partial charge in [0.25, 0.3) is 0 Å². The summed E-state index contributed by atoms with van der Waals surface area (Å²) >= 11 is 3.51. The van der Waals surface area contributed by atoms with Crippen molar-refractivity contribution in [1.29, 1.82) is 5.26 Å². The first-order chi connectivity index (χ1) is 7.69. The molecule has 0 atom stereocenters. The minimum atomic E-state index is 0.865. The molecule has 1 aromatic rings. The summed E-state index contributed by atoms with van der Waals surface area (Å²) < 4.78 is 6.36. The van der Waals surface area contributed by atoms with Crippen LogP contribution in [0.25, 0.3) is 5.57 Å². The molecule has 0 aliphatic heterocycles. The summed E-state index contributed by atoms with van der Waals surface area (Å²) in [4.78, 5) is 0. The zero-order valence-corrected chi connectivity index (χ0v) is 10.9. The second-order valence-corrected chi connectivity index (χ2v) is 4.70. The number of hydrogen-bond donors (Lipinski definition) is 0. The van der Waals surface area contributed by atoms with Crippen molar-refractivity contribution in [1.82, 2.24) is 0 Å². The Kier molecular flexibility index (Phi) is 3.02. The molecular weight excluding hydrogens is 266 g/mol. The average molecular weight is 278 g/mol. The van der Waals surface area contributed by atoms with Gasteiger partial charge in [-0.3, -0.25) is 0 Å². The highest BCUT2D eigenvalue weighted by Crippen LogP contribution is 2.42. The quantitative estimate of drug-likeness (QED) is 0.735. The van der Waals surface area contributed by atoms with Crippen LogP contribution in [0.4, 0.5) is 0 Å². The van der Waals surface area contributed by atoms with Gasteiger partial charge in [-0.2, -0.15) is 5.26 Å². The molecule has 0 saturated heterocycles. The zero-order chi connectivity index (χ0) is 11.7. The predicted octanol–water partition coefficient (Wildman–Crippen LogP) is 3.62. The number of halogens is 1. The molecule has 0 unspecified atom stereocenters. The number of aryl methyl sites for hydroxylation is 1. The molecule has 0 N–H and O–H groups in total. The topological polar surface area (TPSA) is 33.0 Å². The van der Waals surface area contributed by atoms with E-state index in [2.05, 4.69) is 28.1 Å². The van der Waals surface area contributed by atoms with E-state index < -0.39 is 0 Å². The number of ether oxygens (including phenoxy) is 1. The first-order valence-electron chi connectivity index (χ1n) is 5.14. The van der Waals surface area contributed by atoms with E-state index in [-0.39, 0.29) is 0 Å². The minimum Gasteiger partial charge on any atom is -0.495 e. The van der Waals surface area contributed by atoms with Gasteiger partial charge in [-0.05, 0) is 64.0 Å². The molecule has 1 aliphatic rings. The predicted molar refractivity (Wildman–Crippen MR) is 67.3 cm³/mol. The van der Waals surface area contributed by atoms with Crippen molar-refractivity contribution in [3.05, 3.63) is 33.3 Å². The first kappa shape index (κ1) is 11.2. The molecule has 0 bridgehead atoms. The maximum absolute atomic E-state index is 8.76. The van der Waals surface area contributed by atoms with Gasteiger partial charge in [0.2, 0.25) is 0 Å². The van der Waals surface area contributed by atoms with Crippen LogP contribution in [-0.2, 0) is 6.42 Å². The Morgan fingerprint density at radius 1 is 1.50 bits per heavy atom. The van der Waals surface area contributed by atoms with Gasteiger partial charge >= 0.3 is 0 Å². The molecular formula is C13H12BrNO. The number of allylic oxidation sites excluding steroid dienone is 2. The summed E-state index contributed by atoms with van der Waals surface area (Å²) in [6, 6.07) is 4.21. The number of nitrogens with zero attached hydrogens (tertiary/aromatic N) is 1. The smallest absolute Gasteiger partial charge is 0.136 e. The molecule has 1 aromatic carbocycles. The molecule has 16 heavy (non-hydrogen) atoms. The molecule has 1 aliphatic carbocycles. The van der Waals surface area contributed by atoms with Crippen molar-refractivity contribution in [3.63, 3.8) is 0 Å². The highest BCUT2D eigenvalue weighted by molar-refractivity contribution is 9.10. The van der Waals surface area contributed by atoms with E-state index in [4.69, 9.17) is 10.00 Å². The molecule has 0 aromatic heterocycles. The van der Waals surface area contributed by atoms with Crippen LogP contribution in [0.5, 0.6) is 5.75 Å². The van der Waals surface area contributed by atoms with E-state index in [9.17, 15) is 0 Å². The fourth-order valence-electron chi connectivity index (χ4n) is 2.34. The molecule has 2 rings (SSSR count). The van der Waals surface area contributed by atoms with E-state index in [1.807, 2.05) is 6.92 Å². The molecule has 82 valence electrons. The summed E-state index contributed by atoms with van der Waals surface area (Å²) in [5.74, 6) is 0.865. The van der Waals surface area contributed by atoms with Crippen LogP contribution in [0.3, 0.4) is 0 Å². The molecule has 0 fully saturated rings. The lowest BCUT2D eigenvalue weighted by atomic mass is 10.0. The lowest BCUT2D eigenvalue weighted by Gasteiger charge is -2.12. The summed E-state index contributed by atoms with van der Waals surface area (Å²) in [6.07, 6.45) is 3.60. The third-order valence-corrected chi connectivity index (χ3v) is 3.57. The van der Waals surface area contributed by atoms with Gasteiger partial charge in [0, 0.05) is 6.08 Å². The molecule has 0 saturated carbocycles. The SMILES string of the molecule is COc1c(Br)cc2c(c1C)/C(=C/C#N)CC2. The Labute approximate surface area is 104 Å². The van der Waals surface area contributed by atoms with Crippen LogP contribution in [0.2, 0.25) is 0 Å². The molecule has 0 spiro atoms. The normalized spacial score (nSPS) is 16.0. The number of fused-ring (bicyclic) bond motifs is 1. The second kappa shape index (κ2) is 4.31. The largest absolute Gasteiger partial charge is 0.495 e. The Balaban J connectivity index is 2.68. The van der Waals surface area contributed by atoms with E-state index in [0.717, 1.165) is 34.2 Å². The van der Waals surface area contributed by atoms with Gasteiger partial charge < -0.3 is 4.74 Å². The minimum absolute atomic E-state index is 0.865. The molecule has 3 heteroatoms. The van der Waals surface area contributed by atoms with Gasteiger partial charge in [0.15, 0.2) is 0 Å². The van der Waals surface area contributed by atoms with Crippen molar-refractivity contribution in [2.24, 2.45) is 0 Å². The van der Waals surface area contributed by atoms with Crippen molar-refractivity contribution in [2.45, 2.75) is 19.8 Å². The molecule has 2 nitrogen and oxygen atoms in total. The third kappa shape index (κ3) is 1.64. The van der Waals surface area contributed by atoms with Gasteiger partial charge in [0.05, 0.1) is 17.7 Å². The van der Waals surface area contributed by atoms with E-state index in [1.54, 1.807) is 13.2 Å². The fourth-order valence-corrected chi connectivity index (χ4v) is 3.07. The number of nitriles is 1. The Morgan fingerprint density at radius 3 is 2.88 bits per heavy atom. The van der Waals surface area contributed by atoms with Crippen LogP contribution < -0.4 is 4.74 Å². The number of hydrogen-bond acceptors (Lipinski definition) is 2. The van der Waals surface area contributed by atoms with Crippen molar-refractivity contribution < 1.29 is 4.74 Å². The number of rotatable bonds is 1.